The molecule has 4 heteroatoms. The van der Waals surface area contributed by atoms with E-state index in [1.165, 1.54) is 5.56 Å². The van der Waals surface area contributed by atoms with Crippen molar-refractivity contribution in [3.63, 3.8) is 0 Å². The second kappa shape index (κ2) is 8.21. The van der Waals surface area contributed by atoms with Gasteiger partial charge in [0.1, 0.15) is 10.6 Å². The Kier molecular flexibility index (Phi) is 5.24. The molecule has 158 valence electrons. The molecule has 0 bridgehead atoms. The number of hydrogen-bond donors (Lipinski definition) is 0. The van der Waals surface area contributed by atoms with Crippen molar-refractivity contribution < 1.29 is 4.74 Å². The molecule has 0 N–H and O–H groups in total. The normalized spacial score (nSPS) is 11.6. The summed E-state index contributed by atoms with van der Waals surface area (Å²) in [6.45, 7) is 6.62. The Morgan fingerprint density at radius 1 is 0.719 bits per heavy atom. The number of thiophene rings is 1. The molecule has 0 radical (unpaired) electrons. The molecule has 0 aliphatic rings. The van der Waals surface area contributed by atoms with E-state index in [4.69, 9.17) is 14.7 Å². The van der Waals surface area contributed by atoms with Crippen LogP contribution in [0.1, 0.15) is 26.3 Å². The van der Waals surface area contributed by atoms with E-state index in [2.05, 4.69) is 63.2 Å². The van der Waals surface area contributed by atoms with Gasteiger partial charge in [0.2, 0.25) is 5.88 Å². The molecule has 0 fully saturated rings. The third kappa shape index (κ3) is 4.14. The molecule has 3 aromatic carbocycles. The van der Waals surface area contributed by atoms with Crippen LogP contribution in [0.25, 0.3) is 32.0 Å². The topological polar surface area (TPSA) is 35.0 Å². The fourth-order valence-electron chi connectivity index (χ4n) is 3.57. The molecule has 0 amide bonds. The summed E-state index contributed by atoms with van der Waals surface area (Å²) in [6, 6.07) is 30.8. The molecule has 0 aliphatic carbocycles. The maximum atomic E-state index is 6.33. The van der Waals surface area contributed by atoms with E-state index >= 15 is 0 Å². The van der Waals surface area contributed by atoms with Crippen molar-refractivity contribution in [2.75, 3.05) is 0 Å². The van der Waals surface area contributed by atoms with Crippen LogP contribution >= 0.6 is 11.3 Å². The van der Waals surface area contributed by atoms with Crippen LogP contribution in [0, 0.1) is 0 Å². The first-order valence-corrected chi connectivity index (χ1v) is 11.5. The highest BCUT2D eigenvalue weighted by Crippen LogP contribution is 2.39. The summed E-state index contributed by atoms with van der Waals surface area (Å²) < 4.78 is 6.33. The van der Waals surface area contributed by atoms with Gasteiger partial charge in [0.25, 0.3) is 0 Å². The van der Waals surface area contributed by atoms with Crippen molar-refractivity contribution in [2.24, 2.45) is 0 Å². The minimum absolute atomic E-state index is 0.0964. The molecule has 0 unspecified atom stereocenters. The third-order valence-corrected chi connectivity index (χ3v) is 6.46. The van der Waals surface area contributed by atoms with E-state index in [1.54, 1.807) is 11.3 Å². The molecule has 2 aromatic heterocycles. The summed E-state index contributed by atoms with van der Waals surface area (Å²) in [5.74, 6) is 2.01. The largest absolute Gasteiger partial charge is 0.438 e. The first-order valence-electron chi connectivity index (χ1n) is 10.7. The Bertz CT molecular complexity index is 1350. The van der Waals surface area contributed by atoms with Gasteiger partial charge in [-0.2, -0.15) is 4.98 Å². The number of ether oxygens (including phenoxy) is 1. The van der Waals surface area contributed by atoms with Crippen LogP contribution in [0.2, 0.25) is 0 Å². The van der Waals surface area contributed by atoms with Crippen LogP contribution in [0.3, 0.4) is 0 Å². The standard InChI is InChI=1S/C28H24N2OS/c1-28(2,3)21-14-16-22(17-15-21)31-26-23-18-24(19-10-6-4-7-11-19)32-27(23)30-25(29-26)20-12-8-5-9-13-20/h4-18H,1-3H3. The van der Waals surface area contributed by atoms with Crippen LogP contribution in [-0.2, 0) is 5.41 Å². The number of hydrogen-bond acceptors (Lipinski definition) is 4. The average molecular weight is 437 g/mol. The summed E-state index contributed by atoms with van der Waals surface area (Å²) in [7, 11) is 0. The smallest absolute Gasteiger partial charge is 0.231 e. The number of rotatable bonds is 4. The van der Waals surface area contributed by atoms with Crippen LogP contribution in [0.5, 0.6) is 11.6 Å². The van der Waals surface area contributed by atoms with Crippen molar-refractivity contribution >= 4 is 21.6 Å². The van der Waals surface area contributed by atoms with Gasteiger partial charge in [0.05, 0.1) is 5.39 Å². The molecule has 2 heterocycles. The summed E-state index contributed by atoms with van der Waals surface area (Å²) in [5, 5.41) is 0.924. The Hall–Kier alpha value is -3.50. The minimum Gasteiger partial charge on any atom is -0.438 e. The Morgan fingerprint density at radius 2 is 1.34 bits per heavy atom. The molecule has 0 saturated carbocycles. The molecular weight excluding hydrogens is 412 g/mol. The second-order valence-corrected chi connectivity index (χ2v) is 9.82. The minimum atomic E-state index is 0.0964. The SMILES string of the molecule is CC(C)(C)c1ccc(Oc2nc(-c3ccccc3)nc3sc(-c4ccccc4)cc23)cc1. The van der Waals surface area contributed by atoms with Crippen molar-refractivity contribution in [1.82, 2.24) is 9.97 Å². The van der Waals surface area contributed by atoms with Gasteiger partial charge in [0, 0.05) is 10.4 Å². The maximum absolute atomic E-state index is 6.33. The predicted octanol–water partition coefficient (Wildman–Crippen LogP) is 8.12. The number of fused-ring (bicyclic) bond motifs is 1. The highest BCUT2D eigenvalue weighted by Gasteiger charge is 2.17. The lowest BCUT2D eigenvalue weighted by Crippen LogP contribution is -2.10. The van der Waals surface area contributed by atoms with Crippen molar-refractivity contribution in [2.45, 2.75) is 26.2 Å². The van der Waals surface area contributed by atoms with Gasteiger partial charge in [0.15, 0.2) is 5.82 Å². The summed E-state index contributed by atoms with van der Waals surface area (Å²) >= 11 is 1.66. The fraction of sp³-hybridized carbons (Fsp3) is 0.143. The Labute approximate surface area is 192 Å². The van der Waals surface area contributed by atoms with Crippen LogP contribution < -0.4 is 4.74 Å². The lowest BCUT2D eigenvalue weighted by molar-refractivity contribution is 0.468. The fourth-order valence-corrected chi connectivity index (χ4v) is 4.60. The molecule has 3 nitrogen and oxygen atoms in total. The third-order valence-electron chi connectivity index (χ3n) is 5.38. The molecule has 0 saturated heterocycles. The van der Waals surface area contributed by atoms with Gasteiger partial charge >= 0.3 is 0 Å². The number of benzene rings is 3. The number of nitrogens with zero attached hydrogens (tertiary/aromatic N) is 2. The highest BCUT2D eigenvalue weighted by atomic mass is 32.1. The van der Waals surface area contributed by atoms with Crippen molar-refractivity contribution in [1.29, 1.82) is 0 Å². The predicted molar refractivity (Wildman–Crippen MR) is 134 cm³/mol. The molecule has 5 rings (SSSR count). The Balaban J connectivity index is 1.61. The average Bonchev–Trinajstić information content (AvgIpc) is 3.25. The molecule has 32 heavy (non-hydrogen) atoms. The molecule has 0 atom stereocenters. The van der Waals surface area contributed by atoms with E-state index < -0.39 is 0 Å². The second-order valence-electron chi connectivity index (χ2n) is 8.79. The number of aromatic nitrogens is 2. The van der Waals surface area contributed by atoms with Gasteiger partial charge in [-0.15, -0.1) is 11.3 Å². The maximum Gasteiger partial charge on any atom is 0.231 e. The lowest BCUT2D eigenvalue weighted by Gasteiger charge is -2.19. The van der Waals surface area contributed by atoms with Gasteiger partial charge in [-0.3, -0.25) is 0 Å². The zero-order chi connectivity index (χ0) is 22.1. The van der Waals surface area contributed by atoms with Gasteiger partial charge in [-0.1, -0.05) is 93.6 Å². The zero-order valence-electron chi connectivity index (χ0n) is 18.4. The summed E-state index contributed by atoms with van der Waals surface area (Å²) in [5.41, 5.74) is 3.50. The van der Waals surface area contributed by atoms with E-state index in [-0.39, 0.29) is 5.41 Å². The molecular formula is C28H24N2OS. The zero-order valence-corrected chi connectivity index (χ0v) is 19.2. The van der Waals surface area contributed by atoms with Crippen molar-refractivity contribution in [3.05, 3.63) is 96.6 Å². The van der Waals surface area contributed by atoms with Crippen LogP contribution in [0.15, 0.2) is 91.0 Å². The van der Waals surface area contributed by atoms with E-state index in [0.29, 0.717) is 11.7 Å². The van der Waals surface area contributed by atoms with Gasteiger partial charge in [-0.05, 0) is 34.7 Å². The van der Waals surface area contributed by atoms with E-state index in [1.807, 2.05) is 48.5 Å². The monoisotopic (exact) mass is 436 g/mol. The molecule has 0 aliphatic heterocycles. The first kappa shape index (κ1) is 20.4. The first-order chi connectivity index (χ1) is 15.5. The summed E-state index contributed by atoms with van der Waals surface area (Å²) in [4.78, 5) is 11.7. The summed E-state index contributed by atoms with van der Waals surface area (Å²) in [6.07, 6.45) is 0. The van der Waals surface area contributed by atoms with Crippen molar-refractivity contribution in [3.8, 4) is 33.5 Å². The van der Waals surface area contributed by atoms with Crippen LogP contribution in [0.4, 0.5) is 0 Å². The van der Waals surface area contributed by atoms with Gasteiger partial charge < -0.3 is 4.74 Å². The molecule has 5 aromatic rings. The Morgan fingerprint density at radius 3 is 1.97 bits per heavy atom. The van der Waals surface area contributed by atoms with E-state index in [0.717, 1.165) is 32.0 Å². The van der Waals surface area contributed by atoms with Crippen LogP contribution in [-0.4, -0.2) is 9.97 Å². The van der Waals surface area contributed by atoms with Gasteiger partial charge in [-0.25, -0.2) is 4.98 Å². The highest BCUT2D eigenvalue weighted by molar-refractivity contribution is 7.21. The quantitative estimate of drug-likeness (QED) is 0.285. The lowest BCUT2D eigenvalue weighted by atomic mass is 9.87. The molecule has 0 spiro atoms. The van der Waals surface area contributed by atoms with E-state index in [9.17, 15) is 0 Å².